The Morgan fingerprint density at radius 3 is 2.53 bits per heavy atom. The molecule has 0 saturated heterocycles. The third-order valence-electron chi connectivity index (χ3n) is 1.41. The van der Waals surface area contributed by atoms with Crippen LogP contribution in [0.15, 0.2) is 0 Å². The predicted molar refractivity (Wildman–Crippen MR) is 54.2 cm³/mol. The van der Waals surface area contributed by atoms with Crippen LogP contribution in [0.2, 0.25) is 0 Å². The molecule has 0 spiro atoms. The van der Waals surface area contributed by atoms with Gasteiger partial charge in [0.15, 0.2) is 0 Å². The molecular formula is C8H19O6P. The Bertz CT molecular complexity index is 170. The normalized spacial score (nSPS) is 15.1. The summed E-state index contributed by atoms with van der Waals surface area (Å²) >= 11 is 0. The number of ether oxygens (including phenoxy) is 1. The van der Waals surface area contributed by atoms with Crippen LogP contribution >= 0.6 is 7.82 Å². The molecule has 15 heavy (non-hydrogen) atoms. The Hall–Kier alpha value is 0.0300. The molecule has 0 aliphatic carbocycles. The highest BCUT2D eigenvalue weighted by atomic mass is 31.2. The number of rotatable bonds is 10. The Kier molecular flexibility index (Phi) is 9.29. The standard InChI is InChI=1S/C8H19O6P/c1-3-5-6-12-14-15(9,10)13-8-7-11-4-2/h3-8H2,1-2H3,(H,9,10). The molecule has 7 heteroatoms. The van der Waals surface area contributed by atoms with E-state index >= 15 is 0 Å². The molecule has 0 fully saturated rings. The third-order valence-corrected chi connectivity index (χ3v) is 2.22. The van der Waals surface area contributed by atoms with Gasteiger partial charge in [0.05, 0.1) is 19.8 Å². The van der Waals surface area contributed by atoms with Crippen LogP contribution in [0.1, 0.15) is 26.7 Å². The van der Waals surface area contributed by atoms with Crippen molar-refractivity contribution in [3.8, 4) is 0 Å². The van der Waals surface area contributed by atoms with Crippen LogP contribution in [0.5, 0.6) is 0 Å². The first-order chi connectivity index (χ1) is 7.12. The maximum Gasteiger partial charge on any atom is 0.499 e. The lowest BCUT2D eigenvalue weighted by Gasteiger charge is -2.10. The molecule has 0 aromatic heterocycles. The highest BCUT2D eigenvalue weighted by molar-refractivity contribution is 7.47. The fourth-order valence-corrected chi connectivity index (χ4v) is 1.24. The average Bonchev–Trinajstić information content (AvgIpc) is 2.20. The summed E-state index contributed by atoms with van der Waals surface area (Å²) in [5.41, 5.74) is 0. The van der Waals surface area contributed by atoms with Gasteiger partial charge < -0.3 is 9.63 Å². The zero-order valence-corrected chi connectivity index (χ0v) is 10.1. The Labute approximate surface area is 90.0 Å². The van der Waals surface area contributed by atoms with E-state index in [9.17, 15) is 4.57 Å². The fourth-order valence-electron chi connectivity index (χ4n) is 0.685. The summed E-state index contributed by atoms with van der Waals surface area (Å²) < 4.78 is 24.8. The minimum atomic E-state index is -4.08. The van der Waals surface area contributed by atoms with Gasteiger partial charge in [0.1, 0.15) is 0 Å². The largest absolute Gasteiger partial charge is 0.499 e. The summed E-state index contributed by atoms with van der Waals surface area (Å²) in [5.74, 6) is 0. The van der Waals surface area contributed by atoms with E-state index in [0.717, 1.165) is 12.8 Å². The highest BCUT2D eigenvalue weighted by Crippen LogP contribution is 2.43. The van der Waals surface area contributed by atoms with E-state index in [4.69, 9.17) is 9.63 Å². The van der Waals surface area contributed by atoms with Crippen molar-refractivity contribution in [2.45, 2.75) is 26.7 Å². The van der Waals surface area contributed by atoms with Gasteiger partial charge in [-0.1, -0.05) is 13.3 Å². The summed E-state index contributed by atoms with van der Waals surface area (Å²) in [7, 11) is -4.08. The second kappa shape index (κ2) is 9.27. The van der Waals surface area contributed by atoms with Crippen LogP contribution in [0.3, 0.4) is 0 Å². The summed E-state index contributed by atoms with van der Waals surface area (Å²) in [6, 6.07) is 0. The summed E-state index contributed by atoms with van der Waals surface area (Å²) in [6.45, 7) is 4.85. The number of hydrogen-bond donors (Lipinski definition) is 1. The molecule has 1 atom stereocenters. The van der Waals surface area contributed by atoms with E-state index in [1.54, 1.807) is 0 Å². The second-order valence-corrected chi connectivity index (χ2v) is 4.09. The molecule has 0 aromatic carbocycles. The van der Waals surface area contributed by atoms with Crippen LogP contribution in [0, 0.1) is 0 Å². The van der Waals surface area contributed by atoms with Crippen molar-refractivity contribution in [3.63, 3.8) is 0 Å². The number of phosphoric ester groups is 1. The highest BCUT2D eigenvalue weighted by Gasteiger charge is 2.22. The molecule has 0 aliphatic heterocycles. The van der Waals surface area contributed by atoms with E-state index in [2.05, 4.69) is 14.1 Å². The van der Waals surface area contributed by atoms with Gasteiger partial charge >= 0.3 is 7.82 Å². The van der Waals surface area contributed by atoms with E-state index in [1.807, 2.05) is 13.8 Å². The quantitative estimate of drug-likeness (QED) is 0.273. The predicted octanol–water partition coefficient (Wildman–Crippen LogP) is 1.89. The average molecular weight is 242 g/mol. The van der Waals surface area contributed by atoms with Gasteiger partial charge in [-0.25, -0.2) is 9.45 Å². The molecule has 0 rings (SSSR count). The zero-order chi connectivity index (χ0) is 11.6. The van der Waals surface area contributed by atoms with E-state index in [-0.39, 0.29) is 19.8 Å². The second-order valence-electron chi connectivity index (χ2n) is 2.75. The Morgan fingerprint density at radius 2 is 1.93 bits per heavy atom. The molecule has 0 amide bonds. The molecular weight excluding hydrogens is 223 g/mol. The molecule has 0 saturated carbocycles. The minimum absolute atomic E-state index is 0.00123. The van der Waals surface area contributed by atoms with Gasteiger partial charge in [-0.05, 0) is 13.3 Å². The zero-order valence-electron chi connectivity index (χ0n) is 9.18. The molecule has 0 bridgehead atoms. The van der Waals surface area contributed by atoms with Gasteiger partial charge in [-0.15, -0.1) is 4.67 Å². The third kappa shape index (κ3) is 10.3. The number of hydrogen-bond acceptors (Lipinski definition) is 5. The summed E-state index contributed by atoms with van der Waals surface area (Å²) in [4.78, 5) is 13.6. The Morgan fingerprint density at radius 1 is 1.20 bits per heavy atom. The first kappa shape index (κ1) is 15.0. The summed E-state index contributed by atoms with van der Waals surface area (Å²) in [5, 5.41) is 0. The van der Waals surface area contributed by atoms with Crippen molar-refractivity contribution in [2.24, 2.45) is 0 Å². The van der Waals surface area contributed by atoms with E-state index in [1.165, 1.54) is 0 Å². The first-order valence-electron chi connectivity index (χ1n) is 4.98. The van der Waals surface area contributed by atoms with Crippen LogP contribution in [-0.2, 0) is 23.4 Å². The van der Waals surface area contributed by atoms with Gasteiger partial charge in [-0.2, -0.15) is 0 Å². The molecule has 0 heterocycles. The molecule has 1 N–H and O–H groups in total. The molecule has 1 unspecified atom stereocenters. The lowest BCUT2D eigenvalue weighted by atomic mass is 10.4. The molecule has 92 valence electrons. The smallest absolute Gasteiger partial charge is 0.379 e. The van der Waals surface area contributed by atoms with Crippen molar-refractivity contribution in [1.82, 2.24) is 0 Å². The van der Waals surface area contributed by atoms with Crippen molar-refractivity contribution >= 4 is 7.82 Å². The van der Waals surface area contributed by atoms with Crippen LogP contribution in [0.4, 0.5) is 0 Å². The fraction of sp³-hybridized carbons (Fsp3) is 1.00. The van der Waals surface area contributed by atoms with Crippen LogP contribution in [-0.4, -0.2) is 31.3 Å². The Balaban J connectivity index is 3.45. The minimum Gasteiger partial charge on any atom is -0.379 e. The van der Waals surface area contributed by atoms with Gasteiger partial charge in [0, 0.05) is 6.61 Å². The number of unbranched alkanes of at least 4 members (excludes halogenated alkanes) is 1. The van der Waals surface area contributed by atoms with E-state index < -0.39 is 7.82 Å². The maximum absolute atomic E-state index is 11.1. The topological polar surface area (TPSA) is 74.2 Å². The van der Waals surface area contributed by atoms with Gasteiger partial charge in [0.25, 0.3) is 0 Å². The SMILES string of the molecule is CCCCOOP(=O)(O)OCCOCC. The van der Waals surface area contributed by atoms with E-state index in [0.29, 0.717) is 6.61 Å². The maximum atomic E-state index is 11.1. The summed E-state index contributed by atoms with van der Waals surface area (Å²) in [6.07, 6.45) is 1.68. The van der Waals surface area contributed by atoms with Crippen molar-refractivity contribution in [2.75, 3.05) is 26.4 Å². The van der Waals surface area contributed by atoms with Gasteiger partial charge in [-0.3, -0.25) is 4.52 Å². The molecule has 0 aliphatic rings. The monoisotopic (exact) mass is 242 g/mol. The lowest BCUT2D eigenvalue weighted by Crippen LogP contribution is -2.04. The lowest BCUT2D eigenvalue weighted by molar-refractivity contribution is -0.225. The van der Waals surface area contributed by atoms with Crippen molar-refractivity contribution in [1.29, 1.82) is 0 Å². The van der Waals surface area contributed by atoms with Crippen molar-refractivity contribution < 1.29 is 28.3 Å². The molecule has 6 nitrogen and oxygen atoms in total. The van der Waals surface area contributed by atoms with Gasteiger partial charge in [0.2, 0.25) is 0 Å². The molecule has 0 radical (unpaired) electrons. The van der Waals surface area contributed by atoms with Crippen LogP contribution < -0.4 is 0 Å². The van der Waals surface area contributed by atoms with Crippen molar-refractivity contribution in [3.05, 3.63) is 0 Å². The number of phosphoric acid groups is 1. The first-order valence-corrected chi connectivity index (χ1v) is 6.48. The van der Waals surface area contributed by atoms with Crippen LogP contribution in [0.25, 0.3) is 0 Å². The molecule has 0 aromatic rings.